The van der Waals surface area contributed by atoms with Gasteiger partial charge in [-0.15, -0.1) is 0 Å². The molecule has 0 fully saturated rings. The number of hydrogen-bond donors (Lipinski definition) is 3. The first-order valence-corrected chi connectivity index (χ1v) is 14.3. The van der Waals surface area contributed by atoms with Crippen LogP contribution in [-0.4, -0.2) is 42.0 Å². The van der Waals surface area contributed by atoms with Crippen LogP contribution in [0.2, 0.25) is 0 Å². The highest BCUT2D eigenvalue weighted by atomic mass is 16.6. The van der Waals surface area contributed by atoms with Gasteiger partial charge in [-0.25, -0.2) is 0 Å². The van der Waals surface area contributed by atoms with Crippen molar-refractivity contribution in [1.82, 2.24) is 5.32 Å². The zero-order valence-electron chi connectivity index (χ0n) is 24.6. The van der Waals surface area contributed by atoms with Gasteiger partial charge in [-0.2, -0.15) is 5.26 Å². The molecule has 226 valence electrons. The number of benzene rings is 4. The van der Waals surface area contributed by atoms with Crippen molar-refractivity contribution in [2.75, 3.05) is 19.8 Å². The van der Waals surface area contributed by atoms with Crippen molar-refractivity contribution in [3.05, 3.63) is 106 Å². The molecule has 0 aliphatic carbocycles. The van der Waals surface area contributed by atoms with Crippen molar-refractivity contribution in [3.8, 4) is 40.2 Å². The molecule has 0 spiro atoms. The summed E-state index contributed by atoms with van der Waals surface area (Å²) in [7, 11) is 0. The molecule has 0 aromatic heterocycles. The summed E-state index contributed by atoms with van der Waals surface area (Å²) in [5.41, 5.74) is 6.96. The lowest BCUT2D eigenvalue weighted by Gasteiger charge is -2.22. The molecule has 0 unspecified atom stereocenters. The van der Waals surface area contributed by atoms with Crippen molar-refractivity contribution in [3.63, 3.8) is 0 Å². The number of nitrogens with one attached hydrogen (secondary N) is 1. The molecule has 0 bridgehead atoms. The summed E-state index contributed by atoms with van der Waals surface area (Å²) in [5, 5.41) is 30.9. The summed E-state index contributed by atoms with van der Waals surface area (Å²) < 4.78 is 24.3. The third-order valence-electron chi connectivity index (χ3n) is 7.51. The van der Waals surface area contributed by atoms with Crippen LogP contribution in [0, 0.1) is 25.2 Å². The zero-order chi connectivity index (χ0) is 31.1. The van der Waals surface area contributed by atoms with E-state index in [-0.39, 0.29) is 13.2 Å². The fourth-order valence-electron chi connectivity index (χ4n) is 5.09. The first-order chi connectivity index (χ1) is 21.4. The number of nitriles is 1. The number of nitrogens with zero attached hydrogens (tertiary/aromatic N) is 1. The van der Waals surface area contributed by atoms with Gasteiger partial charge in [0.25, 0.3) is 0 Å². The summed E-state index contributed by atoms with van der Waals surface area (Å²) in [4.78, 5) is 11.4. The number of carbonyl (C=O) groups is 1. The highest BCUT2D eigenvalue weighted by Crippen LogP contribution is 2.41. The van der Waals surface area contributed by atoms with E-state index in [2.05, 4.69) is 24.4 Å². The summed E-state index contributed by atoms with van der Waals surface area (Å²) in [5.74, 6) is 1.45. The third-order valence-corrected chi connectivity index (χ3v) is 7.51. The molecule has 1 aliphatic heterocycles. The predicted octanol–water partition coefficient (Wildman–Crippen LogP) is 5.31. The summed E-state index contributed by atoms with van der Waals surface area (Å²) in [6.45, 7) is 5.11. The van der Waals surface area contributed by atoms with Gasteiger partial charge in [-0.05, 0) is 65.9 Å². The Morgan fingerprint density at radius 2 is 1.68 bits per heavy atom. The molecule has 9 heteroatoms. The molecule has 1 aliphatic rings. The quantitative estimate of drug-likeness (QED) is 0.200. The van der Waals surface area contributed by atoms with Crippen LogP contribution in [-0.2, 0) is 24.6 Å². The minimum absolute atomic E-state index is 0.153. The van der Waals surface area contributed by atoms with E-state index in [9.17, 15) is 20.3 Å². The van der Waals surface area contributed by atoms with Gasteiger partial charge in [0, 0.05) is 23.7 Å². The molecule has 4 aromatic carbocycles. The first-order valence-electron chi connectivity index (χ1n) is 14.3. The number of carboxylic acids is 1. The van der Waals surface area contributed by atoms with Crippen LogP contribution in [0.5, 0.6) is 23.0 Å². The molecule has 44 heavy (non-hydrogen) atoms. The van der Waals surface area contributed by atoms with Crippen LogP contribution in [0.1, 0.15) is 33.4 Å². The Balaban J connectivity index is 1.39. The van der Waals surface area contributed by atoms with Crippen molar-refractivity contribution < 1.29 is 34.0 Å². The Morgan fingerprint density at radius 1 is 0.932 bits per heavy atom. The second-order valence-electron chi connectivity index (χ2n) is 10.5. The van der Waals surface area contributed by atoms with E-state index in [1.165, 1.54) is 0 Å². The molecule has 5 rings (SSSR count). The molecule has 0 saturated carbocycles. The Morgan fingerprint density at radius 3 is 2.48 bits per heavy atom. The molecule has 1 heterocycles. The van der Waals surface area contributed by atoms with Crippen molar-refractivity contribution in [2.45, 2.75) is 39.6 Å². The average Bonchev–Trinajstić information content (AvgIpc) is 3.04. The Labute approximate surface area is 256 Å². The largest absolute Gasteiger partial charge is 0.488 e. The number of hydrogen-bond acceptors (Lipinski definition) is 8. The number of para-hydroxylation sites is 1. The van der Waals surface area contributed by atoms with E-state index in [0.717, 1.165) is 44.9 Å². The van der Waals surface area contributed by atoms with Gasteiger partial charge in [0.2, 0.25) is 0 Å². The lowest BCUT2D eigenvalue weighted by atomic mass is 9.95. The molecule has 4 aromatic rings. The maximum absolute atomic E-state index is 11.4. The molecule has 0 amide bonds. The molecular formula is C35H34N2O7. The second kappa shape index (κ2) is 14.0. The number of aliphatic hydroxyl groups excluding tert-OH is 1. The van der Waals surface area contributed by atoms with E-state index in [1.54, 1.807) is 24.3 Å². The van der Waals surface area contributed by atoms with Crippen LogP contribution in [0.3, 0.4) is 0 Å². The van der Waals surface area contributed by atoms with Gasteiger partial charge in [0.15, 0.2) is 11.5 Å². The fraction of sp³-hybridized carbons (Fsp3) is 0.257. The maximum Gasteiger partial charge on any atom is 0.323 e. The normalized spacial score (nSPS) is 12.7. The Kier molecular flexibility index (Phi) is 9.65. The van der Waals surface area contributed by atoms with Gasteiger partial charge in [0.1, 0.15) is 44.0 Å². The van der Waals surface area contributed by atoms with E-state index in [0.29, 0.717) is 42.4 Å². The lowest BCUT2D eigenvalue weighted by molar-refractivity contribution is -0.140. The van der Waals surface area contributed by atoms with Crippen LogP contribution < -0.4 is 24.3 Å². The Bertz CT molecular complexity index is 1700. The van der Waals surface area contributed by atoms with Gasteiger partial charge >= 0.3 is 5.97 Å². The van der Waals surface area contributed by atoms with Crippen LogP contribution in [0.25, 0.3) is 11.1 Å². The van der Waals surface area contributed by atoms with Gasteiger partial charge < -0.3 is 29.2 Å². The number of aliphatic carboxylic acids is 1. The van der Waals surface area contributed by atoms with Gasteiger partial charge in [-0.3, -0.25) is 10.1 Å². The molecular weight excluding hydrogens is 560 g/mol. The standard InChI is InChI=1S/C35H34N2O7/c1-22-14-27(18-37-30(19-38)35(39)40)33(43-20-25-7-3-6-24(15-25)17-36)16-32(22)44-21-26-8-4-9-28(23(26)2)29-10-5-11-31-34(29)42-13-12-41-31/h3-11,14-16,30,37-38H,12-13,18-21H2,1-2H3,(H,39,40)/t30-/m1/s1. The molecule has 0 saturated heterocycles. The Hall–Kier alpha value is -5.04. The van der Waals surface area contributed by atoms with Crippen molar-refractivity contribution in [2.24, 2.45) is 0 Å². The number of rotatable bonds is 12. The first kappa shape index (κ1) is 30.4. The second-order valence-corrected chi connectivity index (χ2v) is 10.5. The molecule has 0 radical (unpaired) electrons. The summed E-state index contributed by atoms with van der Waals surface area (Å²) in [6.07, 6.45) is 0. The SMILES string of the molecule is Cc1cc(CN[C@H](CO)C(=O)O)c(OCc2cccc(C#N)c2)cc1OCc1cccc(-c2cccc3c2OCCO3)c1C. The number of aliphatic hydroxyl groups is 1. The molecule has 1 atom stereocenters. The van der Waals surface area contributed by atoms with Crippen LogP contribution in [0.4, 0.5) is 0 Å². The summed E-state index contributed by atoms with van der Waals surface area (Å²) >= 11 is 0. The number of aryl methyl sites for hydroxylation is 1. The number of carboxylic acid groups (broad SMARTS) is 1. The minimum Gasteiger partial charge on any atom is -0.488 e. The monoisotopic (exact) mass is 594 g/mol. The van der Waals surface area contributed by atoms with Crippen LogP contribution >= 0.6 is 0 Å². The fourth-order valence-corrected chi connectivity index (χ4v) is 5.09. The van der Waals surface area contributed by atoms with Crippen molar-refractivity contribution >= 4 is 5.97 Å². The molecule has 9 nitrogen and oxygen atoms in total. The van der Waals surface area contributed by atoms with E-state index in [4.69, 9.17) is 18.9 Å². The van der Waals surface area contributed by atoms with Gasteiger partial charge in [-0.1, -0.05) is 42.5 Å². The summed E-state index contributed by atoms with van der Waals surface area (Å²) in [6, 6.07) is 23.8. The minimum atomic E-state index is -1.15. The van der Waals surface area contributed by atoms with Gasteiger partial charge in [0.05, 0.1) is 18.2 Å². The topological polar surface area (TPSA) is 130 Å². The predicted molar refractivity (Wildman–Crippen MR) is 164 cm³/mol. The number of ether oxygens (including phenoxy) is 4. The van der Waals surface area contributed by atoms with E-state index < -0.39 is 18.6 Å². The third kappa shape index (κ3) is 6.94. The van der Waals surface area contributed by atoms with E-state index >= 15 is 0 Å². The lowest BCUT2D eigenvalue weighted by Crippen LogP contribution is -2.39. The molecule has 3 N–H and O–H groups in total. The average molecular weight is 595 g/mol. The smallest absolute Gasteiger partial charge is 0.323 e. The highest BCUT2D eigenvalue weighted by Gasteiger charge is 2.20. The zero-order valence-corrected chi connectivity index (χ0v) is 24.6. The highest BCUT2D eigenvalue weighted by molar-refractivity contribution is 5.77. The number of fused-ring (bicyclic) bond motifs is 1. The van der Waals surface area contributed by atoms with E-state index in [1.807, 2.05) is 49.4 Å². The maximum atomic E-state index is 11.4. The van der Waals surface area contributed by atoms with Crippen LogP contribution in [0.15, 0.2) is 72.8 Å². The van der Waals surface area contributed by atoms with Crippen molar-refractivity contribution in [1.29, 1.82) is 5.26 Å².